The summed E-state index contributed by atoms with van der Waals surface area (Å²) in [7, 11) is 0. The van der Waals surface area contributed by atoms with E-state index >= 15 is 0 Å². The van der Waals surface area contributed by atoms with Crippen LogP contribution in [-0.2, 0) is 11.2 Å². The number of carboxylic acids is 1. The highest BCUT2D eigenvalue weighted by atomic mass is 16.4. The SMILES string of the molecule is O=C(O)Cc1ccc(O)cn1. The van der Waals surface area contributed by atoms with Gasteiger partial charge in [0.2, 0.25) is 0 Å². The first-order chi connectivity index (χ1) is 5.18. The van der Waals surface area contributed by atoms with E-state index in [0.29, 0.717) is 5.69 Å². The van der Waals surface area contributed by atoms with Crippen LogP contribution in [0, 0.1) is 0 Å². The Labute approximate surface area is 63.1 Å². The van der Waals surface area contributed by atoms with Crippen LogP contribution < -0.4 is 0 Å². The minimum absolute atomic E-state index is 0.0409. The van der Waals surface area contributed by atoms with Gasteiger partial charge in [0.25, 0.3) is 0 Å². The van der Waals surface area contributed by atoms with Crippen molar-refractivity contribution in [1.29, 1.82) is 0 Å². The van der Waals surface area contributed by atoms with E-state index in [1.807, 2.05) is 0 Å². The first kappa shape index (κ1) is 7.53. The molecular formula is C7H7NO3. The van der Waals surface area contributed by atoms with Gasteiger partial charge in [-0.3, -0.25) is 9.78 Å². The maximum absolute atomic E-state index is 10.2. The van der Waals surface area contributed by atoms with Crippen molar-refractivity contribution in [3.8, 4) is 5.75 Å². The summed E-state index contributed by atoms with van der Waals surface area (Å²) in [5, 5.41) is 17.1. The zero-order valence-corrected chi connectivity index (χ0v) is 5.69. The van der Waals surface area contributed by atoms with Crippen LogP contribution >= 0.6 is 0 Å². The molecule has 1 heterocycles. The van der Waals surface area contributed by atoms with Gasteiger partial charge in [-0.05, 0) is 12.1 Å². The Morgan fingerprint density at radius 1 is 1.55 bits per heavy atom. The third kappa shape index (κ3) is 2.25. The highest BCUT2D eigenvalue weighted by Gasteiger charge is 2.00. The number of aliphatic carboxylic acids is 1. The van der Waals surface area contributed by atoms with Gasteiger partial charge in [0, 0.05) is 0 Å². The normalized spacial score (nSPS) is 9.45. The Hall–Kier alpha value is -1.58. The van der Waals surface area contributed by atoms with Gasteiger partial charge >= 0.3 is 5.97 Å². The van der Waals surface area contributed by atoms with Gasteiger partial charge in [-0.15, -0.1) is 0 Å². The fourth-order valence-corrected chi connectivity index (χ4v) is 0.676. The number of carboxylic acid groups (broad SMARTS) is 1. The van der Waals surface area contributed by atoms with Gasteiger partial charge in [0.05, 0.1) is 18.3 Å². The third-order valence-corrected chi connectivity index (χ3v) is 1.14. The van der Waals surface area contributed by atoms with E-state index in [2.05, 4.69) is 4.98 Å². The first-order valence-corrected chi connectivity index (χ1v) is 3.04. The van der Waals surface area contributed by atoms with Crippen molar-refractivity contribution in [3.05, 3.63) is 24.0 Å². The average molecular weight is 153 g/mol. The second kappa shape index (κ2) is 3.01. The lowest BCUT2D eigenvalue weighted by Gasteiger charge is -1.94. The molecule has 0 spiro atoms. The quantitative estimate of drug-likeness (QED) is 0.645. The molecule has 0 saturated heterocycles. The van der Waals surface area contributed by atoms with Gasteiger partial charge in [-0.1, -0.05) is 0 Å². The molecule has 0 aliphatic rings. The summed E-state index contributed by atoms with van der Waals surface area (Å²) < 4.78 is 0. The predicted molar refractivity (Wildman–Crippen MR) is 37.2 cm³/mol. The molecule has 0 aromatic carbocycles. The summed E-state index contributed by atoms with van der Waals surface area (Å²) in [5.41, 5.74) is 0.440. The fourth-order valence-electron chi connectivity index (χ4n) is 0.676. The molecule has 11 heavy (non-hydrogen) atoms. The van der Waals surface area contributed by atoms with E-state index < -0.39 is 5.97 Å². The summed E-state index contributed by atoms with van der Waals surface area (Å²) in [6.45, 7) is 0. The second-order valence-electron chi connectivity index (χ2n) is 2.08. The van der Waals surface area contributed by atoms with Crippen LogP contribution in [-0.4, -0.2) is 21.2 Å². The number of pyridine rings is 1. The van der Waals surface area contributed by atoms with Crippen LogP contribution in [0.3, 0.4) is 0 Å². The third-order valence-electron chi connectivity index (χ3n) is 1.14. The Balaban J connectivity index is 2.74. The number of hydrogen-bond donors (Lipinski definition) is 2. The summed E-state index contributed by atoms with van der Waals surface area (Å²) in [4.78, 5) is 13.8. The van der Waals surface area contributed by atoms with Gasteiger partial charge in [-0.25, -0.2) is 0 Å². The molecular weight excluding hydrogens is 146 g/mol. The van der Waals surface area contributed by atoms with Gasteiger partial charge in [0.1, 0.15) is 5.75 Å². The Morgan fingerprint density at radius 3 is 2.73 bits per heavy atom. The zero-order valence-electron chi connectivity index (χ0n) is 5.69. The lowest BCUT2D eigenvalue weighted by molar-refractivity contribution is -0.136. The molecule has 0 radical (unpaired) electrons. The Bertz CT molecular complexity index is 255. The number of hydrogen-bond acceptors (Lipinski definition) is 3. The van der Waals surface area contributed by atoms with Crippen molar-refractivity contribution in [2.45, 2.75) is 6.42 Å². The maximum Gasteiger partial charge on any atom is 0.309 e. The van der Waals surface area contributed by atoms with Crippen LogP contribution in [0.2, 0.25) is 0 Å². The molecule has 0 unspecified atom stereocenters. The van der Waals surface area contributed by atoms with Crippen LogP contribution in [0.5, 0.6) is 5.75 Å². The number of aromatic nitrogens is 1. The van der Waals surface area contributed by atoms with Gasteiger partial charge in [0.15, 0.2) is 0 Å². The minimum atomic E-state index is -0.928. The number of rotatable bonds is 2. The molecule has 0 aliphatic carbocycles. The van der Waals surface area contributed by atoms with E-state index in [1.165, 1.54) is 18.3 Å². The molecule has 0 aliphatic heterocycles. The minimum Gasteiger partial charge on any atom is -0.506 e. The van der Waals surface area contributed by atoms with Crippen molar-refractivity contribution in [3.63, 3.8) is 0 Å². The van der Waals surface area contributed by atoms with E-state index in [4.69, 9.17) is 10.2 Å². The summed E-state index contributed by atoms with van der Waals surface area (Å²) in [6, 6.07) is 2.88. The summed E-state index contributed by atoms with van der Waals surface area (Å²) in [5.74, 6) is -0.887. The molecule has 4 heteroatoms. The molecule has 58 valence electrons. The molecule has 0 amide bonds. The summed E-state index contributed by atoms with van der Waals surface area (Å²) >= 11 is 0. The van der Waals surface area contributed by atoms with Gasteiger partial charge < -0.3 is 10.2 Å². The van der Waals surface area contributed by atoms with E-state index in [0.717, 1.165) is 0 Å². The number of carbonyl (C=O) groups is 1. The second-order valence-corrected chi connectivity index (χ2v) is 2.08. The van der Waals surface area contributed by atoms with Crippen molar-refractivity contribution < 1.29 is 15.0 Å². The van der Waals surface area contributed by atoms with Gasteiger partial charge in [-0.2, -0.15) is 0 Å². The average Bonchev–Trinajstić information content (AvgIpc) is 1.93. The molecule has 2 N–H and O–H groups in total. The highest BCUT2D eigenvalue weighted by Crippen LogP contribution is 2.05. The topological polar surface area (TPSA) is 70.4 Å². The first-order valence-electron chi connectivity index (χ1n) is 3.04. The van der Waals surface area contributed by atoms with Crippen LogP contribution in [0.25, 0.3) is 0 Å². The number of nitrogens with zero attached hydrogens (tertiary/aromatic N) is 1. The molecule has 1 aromatic rings. The van der Waals surface area contributed by atoms with Crippen molar-refractivity contribution in [1.82, 2.24) is 4.98 Å². The molecule has 0 bridgehead atoms. The van der Waals surface area contributed by atoms with Crippen molar-refractivity contribution in [2.75, 3.05) is 0 Å². The van der Waals surface area contributed by atoms with Crippen LogP contribution in [0.15, 0.2) is 18.3 Å². The Kier molecular flexibility index (Phi) is 2.06. The highest BCUT2D eigenvalue weighted by molar-refractivity contribution is 5.69. The van der Waals surface area contributed by atoms with Crippen molar-refractivity contribution in [2.24, 2.45) is 0 Å². The molecule has 0 saturated carbocycles. The Morgan fingerprint density at radius 2 is 2.27 bits per heavy atom. The standard InChI is InChI=1S/C7H7NO3/c9-6-2-1-5(8-4-6)3-7(10)11/h1-2,4,9H,3H2,(H,10,11). The van der Waals surface area contributed by atoms with E-state index in [9.17, 15) is 4.79 Å². The van der Waals surface area contributed by atoms with E-state index in [-0.39, 0.29) is 12.2 Å². The van der Waals surface area contributed by atoms with E-state index in [1.54, 1.807) is 0 Å². The molecule has 0 fully saturated rings. The van der Waals surface area contributed by atoms with Crippen LogP contribution in [0.1, 0.15) is 5.69 Å². The van der Waals surface area contributed by atoms with Crippen LogP contribution in [0.4, 0.5) is 0 Å². The lowest BCUT2D eigenvalue weighted by Crippen LogP contribution is -2.01. The molecule has 4 nitrogen and oxygen atoms in total. The molecule has 1 rings (SSSR count). The number of aromatic hydroxyl groups is 1. The molecule has 1 aromatic heterocycles. The van der Waals surface area contributed by atoms with Crippen molar-refractivity contribution >= 4 is 5.97 Å². The lowest BCUT2D eigenvalue weighted by atomic mass is 10.3. The predicted octanol–water partition coefficient (Wildman–Crippen LogP) is 0.414. The monoisotopic (exact) mass is 153 g/mol. The fraction of sp³-hybridized carbons (Fsp3) is 0.143. The largest absolute Gasteiger partial charge is 0.506 e. The zero-order chi connectivity index (χ0) is 8.27. The smallest absolute Gasteiger partial charge is 0.309 e. The maximum atomic E-state index is 10.2. The molecule has 0 atom stereocenters. The summed E-state index contributed by atoms with van der Waals surface area (Å²) in [6.07, 6.45) is 1.11.